The van der Waals surface area contributed by atoms with Crippen LogP contribution < -0.4 is 0 Å². The summed E-state index contributed by atoms with van der Waals surface area (Å²) in [4.78, 5) is 41.7. The van der Waals surface area contributed by atoms with Gasteiger partial charge in [-0.1, -0.05) is 116 Å². The summed E-state index contributed by atoms with van der Waals surface area (Å²) in [7, 11) is 0. The highest BCUT2D eigenvalue weighted by Crippen LogP contribution is 2.36. The van der Waals surface area contributed by atoms with Crippen molar-refractivity contribution in [3.05, 3.63) is 34.9 Å². The minimum absolute atomic E-state index is 0.169. The molecule has 284 valence electrons. The molecule has 0 unspecified atom stereocenters. The zero-order chi connectivity index (χ0) is 34.8. The highest BCUT2D eigenvalue weighted by molar-refractivity contribution is 6.00. The summed E-state index contributed by atoms with van der Waals surface area (Å²) in [5.41, 5.74) is 2.45. The highest BCUT2D eigenvalue weighted by Gasteiger charge is 2.37. The summed E-state index contributed by atoms with van der Waals surface area (Å²) in [5, 5.41) is 2.42. The van der Waals surface area contributed by atoms with Gasteiger partial charge in [-0.2, -0.15) is 5.06 Å². The molecule has 6 fully saturated rings. The number of nitrogens with zero attached hydrogens (tertiary/aromatic N) is 3. The standard InChI is InChI=1S/C45H71N3O3/c49-44(46(38-19-7-1-8-20-38)39-21-9-2-10-22-39)36-31-35(34-51-48(42-27-15-5-16-28-42)43-29-17-6-18-30-43)32-37(33-36)45(50)47(40-23-11-3-12-24-40)41-25-13-4-14-26-41/h31-33,38-43H,1-30,34H2. The summed E-state index contributed by atoms with van der Waals surface area (Å²) >= 11 is 0. The van der Waals surface area contributed by atoms with Crippen LogP contribution in [0.5, 0.6) is 0 Å². The molecule has 6 saturated carbocycles. The lowest BCUT2D eigenvalue weighted by Crippen LogP contribution is -2.49. The van der Waals surface area contributed by atoms with Crippen molar-refractivity contribution in [3.63, 3.8) is 0 Å². The fourth-order valence-electron chi connectivity index (χ4n) is 11.3. The Hall–Kier alpha value is -1.92. The van der Waals surface area contributed by atoms with Crippen molar-refractivity contribution in [3.8, 4) is 0 Å². The largest absolute Gasteiger partial charge is 0.333 e. The van der Waals surface area contributed by atoms with Gasteiger partial charge in [0.2, 0.25) is 0 Å². The number of amides is 2. The van der Waals surface area contributed by atoms with E-state index >= 15 is 9.59 Å². The van der Waals surface area contributed by atoms with Crippen molar-refractivity contribution >= 4 is 11.8 Å². The summed E-state index contributed by atoms with van der Waals surface area (Å²) in [5.74, 6) is 0.339. The molecule has 0 aliphatic heterocycles. The van der Waals surface area contributed by atoms with Crippen LogP contribution in [0, 0.1) is 0 Å². The SMILES string of the molecule is O=C(c1cc(CON(C2CCCCC2)C2CCCCC2)cc(C(=O)N(C2CCCCC2)C2CCCCC2)c1)N(C1CCCCC1)C1CCCCC1. The minimum Gasteiger partial charge on any atom is -0.333 e. The lowest BCUT2D eigenvalue weighted by molar-refractivity contribution is -0.232. The van der Waals surface area contributed by atoms with Gasteiger partial charge < -0.3 is 9.80 Å². The molecule has 0 atom stereocenters. The topological polar surface area (TPSA) is 53.1 Å². The lowest BCUT2D eigenvalue weighted by Gasteiger charge is -2.42. The van der Waals surface area contributed by atoms with E-state index in [0.717, 1.165) is 68.1 Å². The highest BCUT2D eigenvalue weighted by atomic mass is 16.7. The molecule has 6 heteroatoms. The van der Waals surface area contributed by atoms with E-state index in [4.69, 9.17) is 4.84 Å². The van der Waals surface area contributed by atoms with Gasteiger partial charge in [0, 0.05) is 47.4 Å². The van der Waals surface area contributed by atoms with E-state index in [1.165, 1.54) is 141 Å². The average Bonchev–Trinajstić information content (AvgIpc) is 3.20. The van der Waals surface area contributed by atoms with Gasteiger partial charge in [0.15, 0.2) is 0 Å². The Morgan fingerprint density at radius 3 is 0.980 bits per heavy atom. The maximum Gasteiger partial charge on any atom is 0.254 e. The molecule has 6 aliphatic carbocycles. The van der Waals surface area contributed by atoms with E-state index in [1.54, 1.807) is 0 Å². The predicted molar refractivity (Wildman–Crippen MR) is 207 cm³/mol. The average molecular weight is 702 g/mol. The van der Waals surface area contributed by atoms with Crippen molar-refractivity contribution in [1.82, 2.24) is 14.9 Å². The quantitative estimate of drug-likeness (QED) is 0.216. The third-order valence-electron chi connectivity index (χ3n) is 14.1. The molecule has 0 bridgehead atoms. The Morgan fingerprint density at radius 1 is 0.412 bits per heavy atom. The number of hydrogen-bond donors (Lipinski definition) is 0. The van der Waals surface area contributed by atoms with E-state index in [9.17, 15) is 0 Å². The zero-order valence-electron chi connectivity index (χ0n) is 32.2. The Labute approximate surface area is 310 Å². The Balaban J connectivity index is 1.22. The molecule has 0 radical (unpaired) electrons. The molecule has 2 amide bonds. The van der Waals surface area contributed by atoms with Crippen LogP contribution in [0.2, 0.25) is 0 Å². The molecule has 0 heterocycles. The van der Waals surface area contributed by atoms with Gasteiger partial charge in [0.05, 0.1) is 6.61 Å². The van der Waals surface area contributed by atoms with Crippen LogP contribution >= 0.6 is 0 Å². The number of hydrogen-bond acceptors (Lipinski definition) is 4. The van der Waals surface area contributed by atoms with Gasteiger partial charge in [-0.25, -0.2) is 0 Å². The fourth-order valence-corrected chi connectivity index (χ4v) is 11.3. The van der Waals surface area contributed by atoms with Crippen molar-refractivity contribution in [2.24, 2.45) is 0 Å². The first-order valence-corrected chi connectivity index (χ1v) is 22.4. The van der Waals surface area contributed by atoms with Crippen LogP contribution in [0.3, 0.4) is 0 Å². The van der Waals surface area contributed by atoms with Crippen LogP contribution in [-0.4, -0.2) is 62.9 Å². The van der Waals surface area contributed by atoms with Gasteiger partial charge in [-0.3, -0.25) is 14.4 Å². The van der Waals surface area contributed by atoms with Crippen LogP contribution in [-0.2, 0) is 11.4 Å². The summed E-state index contributed by atoms with van der Waals surface area (Å²) < 4.78 is 0. The number of hydroxylamine groups is 2. The van der Waals surface area contributed by atoms with Crippen LogP contribution in [0.4, 0.5) is 0 Å². The second kappa shape index (κ2) is 18.9. The molecule has 51 heavy (non-hydrogen) atoms. The monoisotopic (exact) mass is 702 g/mol. The number of carbonyl (C=O) groups excluding carboxylic acids is 2. The first-order valence-electron chi connectivity index (χ1n) is 22.4. The molecule has 7 rings (SSSR count). The first-order chi connectivity index (χ1) is 25.2. The van der Waals surface area contributed by atoms with Gasteiger partial charge in [0.1, 0.15) is 0 Å². The van der Waals surface area contributed by atoms with Gasteiger partial charge in [0.25, 0.3) is 11.8 Å². The third kappa shape index (κ3) is 9.61. The van der Waals surface area contributed by atoms with Crippen LogP contribution in [0.25, 0.3) is 0 Å². The van der Waals surface area contributed by atoms with E-state index in [0.29, 0.717) is 42.9 Å². The Kier molecular flexibility index (Phi) is 13.9. The van der Waals surface area contributed by atoms with Crippen molar-refractivity contribution in [2.75, 3.05) is 0 Å². The second-order valence-electron chi connectivity index (χ2n) is 17.7. The predicted octanol–water partition coefficient (Wildman–Crippen LogP) is 11.3. The van der Waals surface area contributed by atoms with Crippen molar-refractivity contribution < 1.29 is 14.4 Å². The molecule has 1 aromatic carbocycles. The Bertz CT molecular complexity index is 1110. The molecule has 1 aromatic rings. The maximum atomic E-state index is 15.0. The molecule has 0 aromatic heterocycles. The molecule has 0 N–H and O–H groups in total. The lowest BCUT2D eigenvalue weighted by atomic mass is 9.87. The molecule has 0 saturated heterocycles. The Morgan fingerprint density at radius 2 is 0.686 bits per heavy atom. The summed E-state index contributed by atoms with van der Waals surface area (Å²) in [6.07, 6.45) is 36.5. The third-order valence-corrected chi connectivity index (χ3v) is 14.1. The molecular weight excluding hydrogens is 631 g/mol. The fraction of sp³-hybridized carbons (Fsp3) is 0.822. The molecule has 6 aliphatic rings. The van der Waals surface area contributed by atoms with E-state index in [1.807, 2.05) is 6.07 Å². The molecule has 6 nitrogen and oxygen atoms in total. The van der Waals surface area contributed by atoms with Crippen LogP contribution in [0.1, 0.15) is 219 Å². The summed E-state index contributed by atoms with van der Waals surface area (Å²) in [6.45, 7) is 0.439. The van der Waals surface area contributed by atoms with Crippen LogP contribution in [0.15, 0.2) is 18.2 Å². The summed E-state index contributed by atoms with van der Waals surface area (Å²) in [6, 6.07) is 8.52. The van der Waals surface area contributed by atoms with Gasteiger partial charge in [-0.05, 0) is 101 Å². The van der Waals surface area contributed by atoms with Crippen molar-refractivity contribution in [2.45, 2.75) is 235 Å². The number of rotatable bonds is 11. The normalized spacial score (nSPS) is 24.5. The van der Waals surface area contributed by atoms with Crippen molar-refractivity contribution in [1.29, 1.82) is 0 Å². The second-order valence-corrected chi connectivity index (χ2v) is 17.7. The van der Waals surface area contributed by atoms with E-state index in [-0.39, 0.29) is 11.8 Å². The smallest absolute Gasteiger partial charge is 0.254 e. The maximum absolute atomic E-state index is 15.0. The molecular formula is C45H71N3O3. The van der Waals surface area contributed by atoms with Gasteiger partial charge in [-0.15, -0.1) is 0 Å². The zero-order valence-corrected chi connectivity index (χ0v) is 32.2. The minimum atomic E-state index is 0.169. The first kappa shape index (κ1) is 37.4. The van der Waals surface area contributed by atoms with E-state index in [2.05, 4.69) is 27.0 Å². The van der Waals surface area contributed by atoms with Gasteiger partial charge >= 0.3 is 0 Å². The number of benzene rings is 1. The number of carbonyl (C=O) groups is 2. The van der Waals surface area contributed by atoms with E-state index < -0.39 is 0 Å². The molecule has 0 spiro atoms.